The summed E-state index contributed by atoms with van der Waals surface area (Å²) in [6.45, 7) is 4.00. The smallest absolute Gasteiger partial charge is 0.306 e. The maximum atomic E-state index is 12.2. The highest BCUT2D eigenvalue weighted by atomic mass is 32.2. The van der Waals surface area contributed by atoms with E-state index in [1.54, 1.807) is 0 Å². The van der Waals surface area contributed by atoms with E-state index in [0.717, 1.165) is 19.4 Å². The number of hydrogen-bond acceptors (Lipinski definition) is 5. The molecule has 1 fully saturated rings. The fourth-order valence-electron chi connectivity index (χ4n) is 2.09. The predicted molar refractivity (Wildman–Crippen MR) is 68.7 cm³/mol. The Bertz CT molecular complexity index is 363. The maximum Gasteiger partial charge on any atom is 0.306 e. The van der Waals surface area contributed by atoms with E-state index in [2.05, 4.69) is 10.1 Å². The molecule has 0 spiro atoms. The van der Waals surface area contributed by atoms with Crippen LogP contribution in [0.1, 0.15) is 26.2 Å². The number of nitrogens with zero attached hydrogens (tertiary/aromatic N) is 1. The van der Waals surface area contributed by atoms with Crippen molar-refractivity contribution < 1.29 is 17.9 Å². The van der Waals surface area contributed by atoms with Gasteiger partial charge in [0.2, 0.25) is 10.0 Å². The van der Waals surface area contributed by atoms with Crippen LogP contribution in [0.4, 0.5) is 0 Å². The summed E-state index contributed by atoms with van der Waals surface area (Å²) in [5.74, 6) is -0.657. The number of methoxy groups -OCH3 is 1. The molecular formula is C11H22N2O4S. The van der Waals surface area contributed by atoms with Gasteiger partial charge in [-0.3, -0.25) is 4.79 Å². The molecule has 0 bridgehead atoms. The van der Waals surface area contributed by atoms with Crippen molar-refractivity contribution in [1.29, 1.82) is 0 Å². The monoisotopic (exact) mass is 278 g/mol. The van der Waals surface area contributed by atoms with Crippen LogP contribution < -0.4 is 5.32 Å². The molecule has 0 aromatic rings. The Labute approximate surface area is 109 Å². The molecule has 0 aliphatic carbocycles. The normalized spacial score (nSPS) is 20.3. The molecule has 7 heteroatoms. The van der Waals surface area contributed by atoms with Gasteiger partial charge in [-0.1, -0.05) is 6.92 Å². The van der Waals surface area contributed by atoms with E-state index >= 15 is 0 Å². The van der Waals surface area contributed by atoms with Crippen LogP contribution in [0.15, 0.2) is 0 Å². The molecule has 6 nitrogen and oxygen atoms in total. The second-order valence-electron chi connectivity index (χ2n) is 4.40. The van der Waals surface area contributed by atoms with Crippen molar-refractivity contribution in [2.45, 2.75) is 32.2 Å². The average Bonchev–Trinajstić information content (AvgIpc) is 2.86. The van der Waals surface area contributed by atoms with Crippen LogP contribution in [-0.4, -0.2) is 57.2 Å². The summed E-state index contributed by atoms with van der Waals surface area (Å²) in [5.41, 5.74) is 0. The Kier molecular flexibility index (Phi) is 6.04. The highest BCUT2D eigenvalue weighted by Gasteiger charge is 2.31. The van der Waals surface area contributed by atoms with Gasteiger partial charge >= 0.3 is 5.97 Å². The zero-order valence-corrected chi connectivity index (χ0v) is 11.8. The van der Waals surface area contributed by atoms with Crippen LogP contribution >= 0.6 is 0 Å². The molecule has 18 heavy (non-hydrogen) atoms. The van der Waals surface area contributed by atoms with E-state index in [4.69, 9.17) is 0 Å². The maximum absolute atomic E-state index is 12.2. The predicted octanol–water partition coefficient (Wildman–Crippen LogP) is -0.0468. The zero-order valence-electron chi connectivity index (χ0n) is 11.0. The summed E-state index contributed by atoms with van der Waals surface area (Å²) in [7, 11) is -2.12. The third-order valence-electron chi connectivity index (χ3n) is 3.03. The first-order valence-corrected chi connectivity index (χ1v) is 7.89. The molecule has 1 atom stereocenters. The molecule has 1 saturated heterocycles. The summed E-state index contributed by atoms with van der Waals surface area (Å²) in [5, 5.41) is 3.16. The van der Waals surface area contributed by atoms with E-state index in [-0.39, 0.29) is 18.2 Å². The zero-order chi connectivity index (χ0) is 13.6. The van der Waals surface area contributed by atoms with Crippen LogP contribution in [-0.2, 0) is 19.6 Å². The van der Waals surface area contributed by atoms with Gasteiger partial charge in [-0.2, -0.15) is 4.31 Å². The number of rotatable bonds is 7. The molecule has 1 heterocycles. The number of sulfonamides is 1. The Morgan fingerprint density at radius 1 is 1.50 bits per heavy atom. The lowest BCUT2D eigenvalue weighted by molar-refractivity contribution is -0.140. The van der Waals surface area contributed by atoms with Crippen LogP contribution in [0, 0.1) is 0 Å². The van der Waals surface area contributed by atoms with Crippen LogP contribution in [0.3, 0.4) is 0 Å². The van der Waals surface area contributed by atoms with Gasteiger partial charge in [-0.25, -0.2) is 8.42 Å². The van der Waals surface area contributed by atoms with Crippen molar-refractivity contribution in [2.75, 3.05) is 32.5 Å². The Balaban J connectivity index is 2.67. The minimum atomic E-state index is -3.38. The molecule has 1 aliphatic rings. The minimum Gasteiger partial charge on any atom is -0.469 e. The Morgan fingerprint density at radius 2 is 2.22 bits per heavy atom. The molecule has 1 N–H and O–H groups in total. The topological polar surface area (TPSA) is 75.7 Å². The fraction of sp³-hybridized carbons (Fsp3) is 0.909. The van der Waals surface area contributed by atoms with E-state index in [1.165, 1.54) is 11.4 Å². The van der Waals surface area contributed by atoms with Crippen molar-refractivity contribution in [3.8, 4) is 0 Å². The van der Waals surface area contributed by atoms with Crippen LogP contribution in [0.5, 0.6) is 0 Å². The van der Waals surface area contributed by atoms with Gasteiger partial charge < -0.3 is 10.1 Å². The lowest BCUT2D eigenvalue weighted by Gasteiger charge is -2.27. The van der Waals surface area contributed by atoms with Crippen molar-refractivity contribution in [3.63, 3.8) is 0 Å². The lowest BCUT2D eigenvalue weighted by Crippen LogP contribution is -2.43. The van der Waals surface area contributed by atoms with Gasteiger partial charge in [0.05, 0.1) is 19.3 Å². The Morgan fingerprint density at radius 3 is 2.72 bits per heavy atom. The van der Waals surface area contributed by atoms with Gasteiger partial charge in [0.25, 0.3) is 0 Å². The second-order valence-corrected chi connectivity index (χ2v) is 6.44. The Hall–Kier alpha value is -0.660. The molecule has 0 aromatic carbocycles. The third-order valence-corrected chi connectivity index (χ3v) is 4.95. The average molecular weight is 278 g/mol. The van der Waals surface area contributed by atoms with E-state index in [0.29, 0.717) is 13.1 Å². The highest BCUT2D eigenvalue weighted by Crippen LogP contribution is 2.15. The summed E-state index contributed by atoms with van der Waals surface area (Å²) in [6, 6.07) is 0.0209. The number of esters is 1. The van der Waals surface area contributed by atoms with E-state index in [9.17, 15) is 13.2 Å². The molecule has 0 aromatic heterocycles. The van der Waals surface area contributed by atoms with Gasteiger partial charge in [0.15, 0.2) is 0 Å². The highest BCUT2D eigenvalue weighted by molar-refractivity contribution is 7.89. The van der Waals surface area contributed by atoms with E-state index in [1.807, 2.05) is 6.92 Å². The number of nitrogens with one attached hydrogen (secondary N) is 1. The molecule has 0 saturated carbocycles. The molecule has 1 rings (SSSR count). The minimum absolute atomic E-state index is 0.0209. The molecule has 106 valence electrons. The standard InChI is InChI=1S/C11H22N2O4S/c1-3-7-13(10-4-6-12-9-10)18(15,16)8-5-11(14)17-2/h10,12H,3-9H2,1-2H3. The quantitative estimate of drug-likeness (QED) is 0.661. The largest absolute Gasteiger partial charge is 0.469 e. The number of hydrogen-bond donors (Lipinski definition) is 1. The summed E-state index contributed by atoms with van der Waals surface area (Å²) >= 11 is 0. The molecule has 0 radical (unpaired) electrons. The second kappa shape index (κ2) is 7.06. The molecule has 1 unspecified atom stereocenters. The SMILES string of the molecule is CCCN(C1CCNC1)S(=O)(=O)CCC(=O)OC. The first-order chi connectivity index (χ1) is 8.51. The van der Waals surface area contributed by atoms with Crippen molar-refractivity contribution in [3.05, 3.63) is 0 Å². The fourth-order valence-corrected chi connectivity index (χ4v) is 3.84. The number of ether oxygens (including phenoxy) is 1. The van der Waals surface area contributed by atoms with Crippen LogP contribution in [0.2, 0.25) is 0 Å². The van der Waals surface area contributed by atoms with Gasteiger partial charge in [-0.05, 0) is 19.4 Å². The molecular weight excluding hydrogens is 256 g/mol. The van der Waals surface area contributed by atoms with Crippen molar-refractivity contribution in [1.82, 2.24) is 9.62 Å². The summed E-state index contributed by atoms with van der Waals surface area (Å²) in [4.78, 5) is 11.0. The van der Waals surface area contributed by atoms with Crippen LogP contribution in [0.25, 0.3) is 0 Å². The molecule has 0 amide bonds. The van der Waals surface area contributed by atoms with Gasteiger partial charge in [-0.15, -0.1) is 0 Å². The summed E-state index contributed by atoms with van der Waals surface area (Å²) < 4.78 is 30.5. The number of carbonyl (C=O) groups excluding carboxylic acids is 1. The molecule has 1 aliphatic heterocycles. The third kappa shape index (κ3) is 4.22. The van der Waals surface area contributed by atoms with Crippen molar-refractivity contribution in [2.24, 2.45) is 0 Å². The first-order valence-electron chi connectivity index (χ1n) is 6.28. The lowest BCUT2D eigenvalue weighted by atomic mass is 10.2. The van der Waals surface area contributed by atoms with Gasteiger partial charge in [0, 0.05) is 19.1 Å². The number of carbonyl (C=O) groups is 1. The summed E-state index contributed by atoms with van der Waals surface area (Å²) in [6.07, 6.45) is 1.52. The first kappa shape index (κ1) is 15.4. The van der Waals surface area contributed by atoms with Crippen molar-refractivity contribution >= 4 is 16.0 Å². The van der Waals surface area contributed by atoms with E-state index < -0.39 is 16.0 Å². The van der Waals surface area contributed by atoms with Gasteiger partial charge in [0.1, 0.15) is 0 Å².